The van der Waals surface area contributed by atoms with Crippen molar-refractivity contribution in [2.24, 2.45) is 0 Å². The van der Waals surface area contributed by atoms with E-state index in [1.54, 1.807) is 6.07 Å². The molecule has 0 aromatic heterocycles. The van der Waals surface area contributed by atoms with Crippen molar-refractivity contribution < 1.29 is 4.39 Å². The van der Waals surface area contributed by atoms with Crippen molar-refractivity contribution in [3.63, 3.8) is 0 Å². The van der Waals surface area contributed by atoms with Crippen molar-refractivity contribution in [1.82, 2.24) is 10.2 Å². The van der Waals surface area contributed by atoms with Crippen LogP contribution in [0.1, 0.15) is 39.3 Å². The van der Waals surface area contributed by atoms with Gasteiger partial charge in [-0.3, -0.25) is 4.90 Å². The van der Waals surface area contributed by atoms with E-state index in [-0.39, 0.29) is 17.4 Å². The largest absolute Gasteiger partial charge is 0.311 e. The molecule has 0 bridgehead atoms. The zero-order valence-corrected chi connectivity index (χ0v) is 14.0. The van der Waals surface area contributed by atoms with E-state index in [1.807, 2.05) is 13.1 Å². The van der Waals surface area contributed by atoms with Crippen LogP contribution in [0.25, 0.3) is 0 Å². The smallest absolute Gasteiger partial charge is 0.128 e. The minimum Gasteiger partial charge on any atom is -0.311 e. The van der Waals surface area contributed by atoms with Gasteiger partial charge in [-0.25, -0.2) is 4.39 Å². The van der Waals surface area contributed by atoms with E-state index in [9.17, 15) is 4.39 Å². The van der Waals surface area contributed by atoms with Crippen molar-refractivity contribution in [3.05, 3.63) is 34.1 Å². The standard InChI is InChI=1S/C15H24BrFN2/c1-6-19(7-2)15(3,4)14(18-5)12-10-11(16)8-9-13(12)17/h8-10,14,18H,6-7H2,1-5H3. The molecule has 1 aromatic rings. The minimum atomic E-state index is -0.167. The molecule has 108 valence electrons. The lowest BCUT2D eigenvalue weighted by atomic mass is 9.86. The van der Waals surface area contributed by atoms with Crippen LogP contribution in [-0.2, 0) is 0 Å². The predicted molar refractivity (Wildman–Crippen MR) is 82.9 cm³/mol. The van der Waals surface area contributed by atoms with Crippen LogP contribution in [0.5, 0.6) is 0 Å². The molecule has 0 radical (unpaired) electrons. The topological polar surface area (TPSA) is 15.3 Å². The first-order valence-corrected chi connectivity index (χ1v) is 7.55. The highest BCUT2D eigenvalue weighted by molar-refractivity contribution is 9.10. The van der Waals surface area contributed by atoms with Crippen molar-refractivity contribution in [2.75, 3.05) is 20.1 Å². The molecule has 0 spiro atoms. The first-order valence-electron chi connectivity index (χ1n) is 6.75. The van der Waals surface area contributed by atoms with Gasteiger partial charge >= 0.3 is 0 Å². The molecule has 0 fully saturated rings. The van der Waals surface area contributed by atoms with Gasteiger partial charge in [0.05, 0.1) is 6.04 Å². The highest BCUT2D eigenvalue weighted by Gasteiger charge is 2.35. The molecule has 4 heteroatoms. The van der Waals surface area contributed by atoms with Crippen LogP contribution >= 0.6 is 15.9 Å². The van der Waals surface area contributed by atoms with Crippen LogP contribution in [0.4, 0.5) is 4.39 Å². The summed E-state index contributed by atoms with van der Waals surface area (Å²) in [7, 11) is 1.89. The van der Waals surface area contributed by atoms with E-state index in [0.717, 1.165) is 17.6 Å². The van der Waals surface area contributed by atoms with Crippen molar-refractivity contribution in [3.8, 4) is 0 Å². The fraction of sp³-hybridized carbons (Fsp3) is 0.600. The summed E-state index contributed by atoms with van der Waals surface area (Å²) < 4.78 is 15.0. The summed E-state index contributed by atoms with van der Waals surface area (Å²) in [6.07, 6.45) is 0. The lowest BCUT2D eigenvalue weighted by molar-refractivity contribution is 0.0929. The summed E-state index contributed by atoms with van der Waals surface area (Å²) in [6, 6.07) is 5.05. The van der Waals surface area contributed by atoms with Gasteiger partial charge in [0.1, 0.15) is 5.82 Å². The SMILES string of the molecule is CCN(CC)C(C)(C)C(NC)c1cc(Br)ccc1F. The quantitative estimate of drug-likeness (QED) is 0.849. The Morgan fingerprint density at radius 2 is 1.89 bits per heavy atom. The average Bonchev–Trinajstić information content (AvgIpc) is 2.35. The number of halogens is 2. The van der Waals surface area contributed by atoms with Crippen LogP contribution in [0.3, 0.4) is 0 Å². The van der Waals surface area contributed by atoms with Crippen molar-refractivity contribution in [1.29, 1.82) is 0 Å². The fourth-order valence-corrected chi connectivity index (χ4v) is 3.23. The maximum atomic E-state index is 14.1. The molecular weight excluding hydrogens is 307 g/mol. The molecule has 0 aliphatic rings. The number of likely N-dealkylation sites (N-methyl/N-ethyl adjacent to an activating group) is 2. The molecule has 0 aliphatic heterocycles. The van der Waals surface area contributed by atoms with Gasteiger partial charge < -0.3 is 5.32 Å². The van der Waals surface area contributed by atoms with E-state index >= 15 is 0 Å². The Kier molecular flexibility index (Phi) is 5.96. The molecule has 1 N–H and O–H groups in total. The first-order chi connectivity index (χ1) is 8.88. The van der Waals surface area contributed by atoms with Crippen molar-refractivity contribution in [2.45, 2.75) is 39.3 Å². The predicted octanol–water partition coefficient (Wildman–Crippen LogP) is 3.97. The fourth-order valence-electron chi connectivity index (χ4n) is 2.85. The molecule has 1 aromatic carbocycles. The highest BCUT2D eigenvalue weighted by Crippen LogP contribution is 2.33. The van der Waals surface area contributed by atoms with Gasteiger partial charge in [-0.05, 0) is 52.2 Å². The average molecular weight is 331 g/mol. The van der Waals surface area contributed by atoms with E-state index in [0.29, 0.717) is 5.56 Å². The Morgan fingerprint density at radius 3 is 2.37 bits per heavy atom. The van der Waals surface area contributed by atoms with E-state index in [2.05, 4.69) is 53.8 Å². The van der Waals surface area contributed by atoms with Crippen LogP contribution in [-0.4, -0.2) is 30.6 Å². The van der Waals surface area contributed by atoms with E-state index < -0.39 is 0 Å². The summed E-state index contributed by atoms with van der Waals surface area (Å²) in [6.45, 7) is 10.5. The Hall–Kier alpha value is -0.450. The second-order valence-electron chi connectivity index (χ2n) is 5.21. The summed E-state index contributed by atoms with van der Waals surface area (Å²) in [5, 5.41) is 3.27. The Morgan fingerprint density at radius 1 is 1.32 bits per heavy atom. The number of hydrogen-bond donors (Lipinski definition) is 1. The number of benzene rings is 1. The molecule has 1 unspecified atom stereocenters. The van der Waals surface area contributed by atoms with Gasteiger partial charge in [0.25, 0.3) is 0 Å². The number of nitrogens with one attached hydrogen (secondary N) is 1. The van der Waals surface area contributed by atoms with Gasteiger partial charge in [-0.15, -0.1) is 0 Å². The number of nitrogens with zero attached hydrogens (tertiary/aromatic N) is 1. The lowest BCUT2D eigenvalue weighted by Crippen LogP contribution is -2.52. The maximum absolute atomic E-state index is 14.1. The second kappa shape index (κ2) is 6.82. The molecule has 0 amide bonds. The van der Waals surface area contributed by atoms with Gasteiger partial charge in [-0.1, -0.05) is 29.8 Å². The first kappa shape index (κ1) is 16.6. The Bertz CT molecular complexity index is 417. The van der Waals surface area contributed by atoms with Crippen LogP contribution < -0.4 is 5.32 Å². The summed E-state index contributed by atoms with van der Waals surface area (Å²) in [5.41, 5.74) is 0.536. The molecule has 2 nitrogen and oxygen atoms in total. The maximum Gasteiger partial charge on any atom is 0.128 e. The summed E-state index contributed by atoms with van der Waals surface area (Å²) >= 11 is 3.42. The van der Waals surface area contributed by atoms with E-state index in [1.165, 1.54) is 6.07 Å². The zero-order chi connectivity index (χ0) is 14.6. The number of hydrogen-bond acceptors (Lipinski definition) is 2. The Labute approximate surface area is 124 Å². The highest BCUT2D eigenvalue weighted by atomic mass is 79.9. The second-order valence-corrected chi connectivity index (χ2v) is 6.13. The molecule has 1 rings (SSSR count). The van der Waals surface area contributed by atoms with Gasteiger partial charge in [-0.2, -0.15) is 0 Å². The third kappa shape index (κ3) is 3.56. The molecule has 0 saturated carbocycles. The molecule has 0 heterocycles. The molecule has 0 aliphatic carbocycles. The van der Waals surface area contributed by atoms with Crippen LogP contribution in [0, 0.1) is 5.82 Å². The minimum absolute atomic E-state index is 0.0649. The lowest BCUT2D eigenvalue weighted by Gasteiger charge is -2.43. The molecule has 0 saturated heterocycles. The van der Waals surface area contributed by atoms with Gasteiger partial charge in [0.2, 0.25) is 0 Å². The van der Waals surface area contributed by atoms with Gasteiger partial charge in [0.15, 0.2) is 0 Å². The molecule has 19 heavy (non-hydrogen) atoms. The third-order valence-electron chi connectivity index (χ3n) is 3.84. The van der Waals surface area contributed by atoms with Crippen LogP contribution in [0.15, 0.2) is 22.7 Å². The van der Waals surface area contributed by atoms with Crippen molar-refractivity contribution >= 4 is 15.9 Å². The molecule has 1 atom stereocenters. The van der Waals surface area contributed by atoms with Crippen LogP contribution in [0.2, 0.25) is 0 Å². The monoisotopic (exact) mass is 330 g/mol. The number of rotatable bonds is 6. The van der Waals surface area contributed by atoms with E-state index in [4.69, 9.17) is 0 Å². The summed E-state index contributed by atoms with van der Waals surface area (Å²) in [5.74, 6) is -0.164. The normalized spacial score (nSPS) is 13.9. The Balaban J connectivity index is 3.22. The summed E-state index contributed by atoms with van der Waals surface area (Å²) in [4.78, 5) is 2.34. The zero-order valence-electron chi connectivity index (χ0n) is 12.4. The van der Waals surface area contributed by atoms with Gasteiger partial charge in [0, 0.05) is 15.6 Å². The molecular formula is C15H24BrFN2. The third-order valence-corrected chi connectivity index (χ3v) is 4.34.